The molecular formula is C13H21N3O3. The van der Waals surface area contributed by atoms with Crippen molar-refractivity contribution >= 4 is 5.91 Å². The van der Waals surface area contributed by atoms with Crippen LogP contribution in [0.3, 0.4) is 0 Å². The van der Waals surface area contributed by atoms with E-state index in [1.54, 1.807) is 6.92 Å². The summed E-state index contributed by atoms with van der Waals surface area (Å²) in [5, 5.41) is 0. The molecule has 0 saturated carbocycles. The summed E-state index contributed by atoms with van der Waals surface area (Å²) >= 11 is 0. The molecule has 2 N–H and O–H groups in total. The van der Waals surface area contributed by atoms with Crippen LogP contribution in [0.4, 0.5) is 0 Å². The van der Waals surface area contributed by atoms with Gasteiger partial charge in [-0.1, -0.05) is 6.92 Å². The zero-order valence-electron chi connectivity index (χ0n) is 11.5. The molecule has 0 bridgehead atoms. The average molecular weight is 267 g/mol. The Hall–Kier alpha value is -1.40. The Kier molecular flexibility index (Phi) is 4.21. The van der Waals surface area contributed by atoms with Crippen LogP contribution in [0.25, 0.3) is 0 Å². The molecule has 106 valence electrons. The standard InChI is InChI=1S/C13H21N3O3/c1-9-4-3-5-15(11(9)7-14)8-13(18)16-12(17)6-10(2)19-16/h6,9,11H,3-5,7-8,14H2,1-2H3. The number of carbonyl (C=O) groups is 1. The fourth-order valence-corrected chi connectivity index (χ4v) is 2.77. The molecule has 0 amide bonds. The van der Waals surface area contributed by atoms with Gasteiger partial charge in [0.05, 0.1) is 6.54 Å². The first kappa shape index (κ1) is 14.0. The van der Waals surface area contributed by atoms with Gasteiger partial charge in [-0.25, -0.2) is 0 Å². The van der Waals surface area contributed by atoms with Crippen molar-refractivity contribution < 1.29 is 9.32 Å². The summed E-state index contributed by atoms with van der Waals surface area (Å²) in [6, 6.07) is 1.52. The van der Waals surface area contributed by atoms with Gasteiger partial charge in [-0.2, -0.15) is 0 Å². The van der Waals surface area contributed by atoms with Crippen molar-refractivity contribution in [3.8, 4) is 0 Å². The van der Waals surface area contributed by atoms with Gasteiger partial charge < -0.3 is 10.3 Å². The van der Waals surface area contributed by atoms with E-state index < -0.39 is 5.56 Å². The molecule has 6 heteroatoms. The minimum atomic E-state index is -0.406. The lowest BCUT2D eigenvalue weighted by Crippen LogP contribution is -2.51. The fourth-order valence-electron chi connectivity index (χ4n) is 2.77. The van der Waals surface area contributed by atoms with Crippen LogP contribution in [0.5, 0.6) is 0 Å². The molecule has 1 aliphatic heterocycles. The quantitative estimate of drug-likeness (QED) is 0.860. The number of aromatic nitrogens is 1. The first-order valence-corrected chi connectivity index (χ1v) is 6.70. The number of piperidine rings is 1. The molecule has 2 unspecified atom stereocenters. The summed E-state index contributed by atoms with van der Waals surface area (Å²) in [6.07, 6.45) is 2.18. The van der Waals surface area contributed by atoms with Gasteiger partial charge in [0.15, 0.2) is 0 Å². The number of nitrogens with zero attached hydrogens (tertiary/aromatic N) is 2. The van der Waals surface area contributed by atoms with E-state index >= 15 is 0 Å². The second-order valence-corrected chi connectivity index (χ2v) is 5.27. The molecule has 2 rings (SSSR count). The predicted octanol–water partition coefficient (Wildman–Crippen LogP) is 0.449. The maximum absolute atomic E-state index is 12.1. The Morgan fingerprint density at radius 2 is 2.32 bits per heavy atom. The lowest BCUT2D eigenvalue weighted by Gasteiger charge is -2.38. The number of likely N-dealkylation sites (tertiary alicyclic amines) is 1. The Labute approximate surface area is 112 Å². The van der Waals surface area contributed by atoms with Gasteiger partial charge in [-0.05, 0) is 32.2 Å². The molecule has 1 aromatic heterocycles. The Bertz CT molecular complexity index is 505. The number of rotatable bonds is 3. The van der Waals surface area contributed by atoms with Gasteiger partial charge in [-0.15, -0.1) is 4.74 Å². The molecule has 0 aromatic carbocycles. The highest BCUT2D eigenvalue weighted by Crippen LogP contribution is 2.22. The third-order valence-electron chi connectivity index (χ3n) is 3.80. The molecule has 6 nitrogen and oxygen atoms in total. The number of hydrogen-bond donors (Lipinski definition) is 1. The van der Waals surface area contributed by atoms with Crippen LogP contribution in [0.2, 0.25) is 0 Å². The SMILES string of the molecule is Cc1cc(=O)n(C(=O)CN2CCCC(C)C2CN)o1. The van der Waals surface area contributed by atoms with Gasteiger partial charge in [0.25, 0.3) is 11.5 Å². The molecule has 0 aliphatic carbocycles. The zero-order chi connectivity index (χ0) is 14.0. The average Bonchev–Trinajstić information content (AvgIpc) is 2.69. The Morgan fingerprint density at radius 1 is 1.58 bits per heavy atom. The van der Waals surface area contributed by atoms with E-state index in [1.807, 2.05) is 0 Å². The monoisotopic (exact) mass is 267 g/mol. The lowest BCUT2D eigenvalue weighted by molar-refractivity contribution is 0.0574. The second kappa shape index (κ2) is 5.71. The molecule has 2 atom stereocenters. The van der Waals surface area contributed by atoms with E-state index in [1.165, 1.54) is 6.07 Å². The van der Waals surface area contributed by atoms with Gasteiger partial charge >= 0.3 is 0 Å². The maximum atomic E-state index is 12.1. The van der Waals surface area contributed by atoms with Gasteiger partial charge in [0.2, 0.25) is 0 Å². The highest BCUT2D eigenvalue weighted by Gasteiger charge is 2.29. The summed E-state index contributed by atoms with van der Waals surface area (Å²) in [7, 11) is 0. The van der Waals surface area contributed by atoms with E-state index in [4.69, 9.17) is 10.3 Å². The number of hydrogen-bond acceptors (Lipinski definition) is 5. The molecule has 1 aliphatic rings. The summed E-state index contributed by atoms with van der Waals surface area (Å²) in [4.78, 5) is 25.7. The van der Waals surface area contributed by atoms with Crippen LogP contribution in [-0.4, -0.2) is 41.2 Å². The van der Waals surface area contributed by atoms with Crippen LogP contribution < -0.4 is 11.3 Å². The predicted molar refractivity (Wildman–Crippen MR) is 71.1 cm³/mol. The number of nitrogens with two attached hydrogens (primary N) is 1. The van der Waals surface area contributed by atoms with Crippen molar-refractivity contribution in [2.24, 2.45) is 11.7 Å². The summed E-state index contributed by atoms with van der Waals surface area (Å²) in [6.45, 7) is 5.35. The first-order chi connectivity index (χ1) is 9.02. The van der Waals surface area contributed by atoms with E-state index in [-0.39, 0.29) is 18.5 Å². The lowest BCUT2D eigenvalue weighted by atomic mass is 9.91. The summed E-state index contributed by atoms with van der Waals surface area (Å²) < 4.78 is 5.95. The topological polar surface area (TPSA) is 81.5 Å². The molecule has 0 spiro atoms. The van der Waals surface area contributed by atoms with Crippen molar-refractivity contribution in [3.05, 3.63) is 22.2 Å². The van der Waals surface area contributed by atoms with E-state index in [0.29, 0.717) is 18.2 Å². The third-order valence-corrected chi connectivity index (χ3v) is 3.80. The normalized spacial score (nSPS) is 24.6. The molecule has 1 aromatic rings. The van der Waals surface area contributed by atoms with E-state index in [0.717, 1.165) is 24.1 Å². The third kappa shape index (κ3) is 2.96. The van der Waals surface area contributed by atoms with Crippen LogP contribution in [0.15, 0.2) is 15.4 Å². The zero-order valence-corrected chi connectivity index (χ0v) is 11.5. The Morgan fingerprint density at radius 3 is 2.89 bits per heavy atom. The van der Waals surface area contributed by atoms with E-state index in [2.05, 4.69) is 11.8 Å². The minimum absolute atomic E-state index is 0.180. The minimum Gasteiger partial charge on any atom is -0.373 e. The van der Waals surface area contributed by atoms with Gasteiger partial charge in [-0.3, -0.25) is 14.5 Å². The van der Waals surface area contributed by atoms with Gasteiger partial charge in [0.1, 0.15) is 5.76 Å². The molecule has 0 radical (unpaired) electrons. The molecule has 1 saturated heterocycles. The smallest absolute Gasteiger partial charge is 0.290 e. The number of aryl methyl sites for hydroxylation is 1. The molecule has 1 fully saturated rings. The van der Waals surface area contributed by atoms with Crippen LogP contribution in [0.1, 0.15) is 30.3 Å². The van der Waals surface area contributed by atoms with Crippen LogP contribution >= 0.6 is 0 Å². The van der Waals surface area contributed by atoms with Crippen molar-refractivity contribution in [3.63, 3.8) is 0 Å². The largest absolute Gasteiger partial charge is 0.373 e. The summed E-state index contributed by atoms with van der Waals surface area (Å²) in [5.41, 5.74) is 5.38. The first-order valence-electron chi connectivity index (χ1n) is 6.70. The van der Waals surface area contributed by atoms with E-state index in [9.17, 15) is 9.59 Å². The Balaban J connectivity index is 2.09. The summed E-state index contributed by atoms with van der Waals surface area (Å²) in [5.74, 6) is 0.591. The van der Waals surface area contributed by atoms with Crippen LogP contribution in [0, 0.1) is 12.8 Å². The van der Waals surface area contributed by atoms with Crippen molar-refractivity contribution in [2.75, 3.05) is 19.6 Å². The molecular weight excluding hydrogens is 246 g/mol. The molecule has 2 heterocycles. The van der Waals surface area contributed by atoms with Gasteiger partial charge in [0, 0.05) is 18.7 Å². The fraction of sp³-hybridized carbons (Fsp3) is 0.692. The highest BCUT2D eigenvalue weighted by atomic mass is 16.5. The van der Waals surface area contributed by atoms with Crippen LogP contribution in [-0.2, 0) is 0 Å². The second-order valence-electron chi connectivity index (χ2n) is 5.27. The van der Waals surface area contributed by atoms with Crippen molar-refractivity contribution in [2.45, 2.75) is 32.7 Å². The molecule has 19 heavy (non-hydrogen) atoms. The highest BCUT2D eigenvalue weighted by molar-refractivity contribution is 5.79. The van der Waals surface area contributed by atoms with Crippen molar-refractivity contribution in [1.29, 1.82) is 0 Å². The maximum Gasteiger partial charge on any atom is 0.290 e. The van der Waals surface area contributed by atoms with Crippen molar-refractivity contribution in [1.82, 2.24) is 9.64 Å². The number of carbonyl (C=O) groups excluding carboxylic acids is 1.